The second-order valence-electron chi connectivity index (χ2n) is 5.18. The zero-order valence-corrected chi connectivity index (χ0v) is 11.1. The number of ether oxygens (including phenoxy) is 1. The van der Waals surface area contributed by atoms with Crippen molar-refractivity contribution in [2.75, 3.05) is 13.2 Å². The summed E-state index contributed by atoms with van der Waals surface area (Å²) in [6, 6.07) is 10.5. The normalized spacial score (nSPS) is 23.6. The van der Waals surface area contributed by atoms with Crippen LogP contribution in [-0.2, 0) is 16.1 Å². The Hall–Kier alpha value is -1.77. The van der Waals surface area contributed by atoms with E-state index in [0.717, 1.165) is 31.5 Å². The highest BCUT2D eigenvalue weighted by molar-refractivity contribution is 5.91. The summed E-state index contributed by atoms with van der Waals surface area (Å²) >= 11 is 0. The average Bonchev–Trinajstić information content (AvgIpc) is 2.87. The van der Waals surface area contributed by atoms with Crippen molar-refractivity contribution < 1.29 is 9.53 Å². The van der Waals surface area contributed by atoms with E-state index in [-0.39, 0.29) is 5.97 Å². The van der Waals surface area contributed by atoms with Crippen LogP contribution in [0.15, 0.2) is 41.6 Å². The van der Waals surface area contributed by atoms with Gasteiger partial charge in [0, 0.05) is 25.2 Å². The number of benzene rings is 1. The number of carbonyl (C=O) groups excluding carboxylic acids is 1. The fraction of sp³-hybridized carbons (Fsp3) is 0.438. The van der Waals surface area contributed by atoms with Gasteiger partial charge in [-0.3, -0.25) is 0 Å². The summed E-state index contributed by atoms with van der Waals surface area (Å²) in [7, 11) is 0. The van der Waals surface area contributed by atoms with Gasteiger partial charge in [0.05, 0.1) is 12.2 Å². The predicted molar refractivity (Wildman–Crippen MR) is 73.3 cm³/mol. The van der Waals surface area contributed by atoms with Crippen LogP contribution < -0.4 is 0 Å². The Kier molecular flexibility index (Phi) is 3.53. The maximum absolute atomic E-state index is 11.8. The number of hydrogen-bond donors (Lipinski definition) is 0. The molecule has 3 heteroatoms. The van der Waals surface area contributed by atoms with Crippen molar-refractivity contribution in [3.8, 4) is 0 Å². The molecule has 0 bridgehead atoms. The van der Waals surface area contributed by atoms with Gasteiger partial charge in [-0.05, 0) is 24.8 Å². The molecule has 2 fully saturated rings. The molecule has 0 aliphatic carbocycles. The van der Waals surface area contributed by atoms with Gasteiger partial charge < -0.3 is 9.64 Å². The standard InChI is InChI=1S/C16H19NO2/c18-16-14(9-11-19-16)15-8-4-5-10-17(15)12-13-6-2-1-3-7-13/h1-3,6-7H,4-5,8-12H2/b15-14+. The van der Waals surface area contributed by atoms with Crippen molar-refractivity contribution in [1.82, 2.24) is 4.90 Å². The lowest BCUT2D eigenvalue weighted by Gasteiger charge is -2.32. The highest BCUT2D eigenvalue weighted by Crippen LogP contribution is 2.29. The Balaban J connectivity index is 1.84. The Morgan fingerprint density at radius 2 is 1.95 bits per heavy atom. The minimum atomic E-state index is -0.102. The average molecular weight is 257 g/mol. The van der Waals surface area contributed by atoms with Crippen LogP contribution in [0, 0.1) is 0 Å². The smallest absolute Gasteiger partial charge is 0.335 e. The number of cyclic esters (lactones) is 1. The molecule has 0 spiro atoms. The summed E-state index contributed by atoms with van der Waals surface area (Å²) in [5.41, 5.74) is 3.43. The van der Waals surface area contributed by atoms with Gasteiger partial charge in [-0.2, -0.15) is 0 Å². The molecule has 100 valence electrons. The molecule has 1 aromatic rings. The zero-order valence-electron chi connectivity index (χ0n) is 11.1. The largest absolute Gasteiger partial charge is 0.462 e. The Morgan fingerprint density at radius 3 is 2.68 bits per heavy atom. The second kappa shape index (κ2) is 5.47. The van der Waals surface area contributed by atoms with Gasteiger partial charge in [-0.25, -0.2) is 4.79 Å². The second-order valence-corrected chi connectivity index (χ2v) is 5.18. The van der Waals surface area contributed by atoms with Crippen LogP contribution in [0.4, 0.5) is 0 Å². The maximum atomic E-state index is 11.8. The number of rotatable bonds is 2. The topological polar surface area (TPSA) is 29.5 Å². The first-order valence-electron chi connectivity index (χ1n) is 7.02. The van der Waals surface area contributed by atoms with Gasteiger partial charge in [-0.15, -0.1) is 0 Å². The van der Waals surface area contributed by atoms with E-state index in [9.17, 15) is 4.79 Å². The van der Waals surface area contributed by atoms with Gasteiger partial charge in [0.15, 0.2) is 0 Å². The molecule has 0 saturated carbocycles. The number of carbonyl (C=O) groups is 1. The predicted octanol–water partition coefficient (Wildman–Crippen LogP) is 2.87. The Labute approximate surface area is 113 Å². The van der Waals surface area contributed by atoms with E-state index >= 15 is 0 Å². The van der Waals surface area contributed by atoms with Crippen LogP contribution in [0.25, 0.3) is 0 Å². The first-order valence-corrected chi connectivity index (χ1v) is 7.02. The van der Waals surface area contributed by atoms with E-state index in [1.165, 1.54) is 24.1 Å². The Bertz CT molecular complexity index is 493. The molecule has 19 heavy (non-hydrogen) atoms. The molecule has 0 radical (unpaired) electrons. The molecule has 2 aliphatic rings. The van der Waals surface area contributed by atoms with E-state index in [1.54, 1.807) is 0 Å². The number of hydrogen-bond acceptors (Lipinski definition) is 3. The van der Waals surface area contributed by atoms with Crippen molar-refractivity contribution in [1.29, 1.82) is 0 Å². The molecule has 0 amide bonds. The molecule has 2 saturated heterocycles. The summed E-state index contributed by atoms with van der Waals surface area (Å²) < 4.78 is 5.09. The first kappa shape index (κ1) is 12.3. The van der Waals surface area contributed by atoms with E-state index in [1.807, 2.05) is 6.07 Å². The molecule has 0 atom stereocenters. The molecule has 2 heterocycles. The summed E-state index contributed by atoms with van der Waals surface area (Å²) in [5.74, 6) is -0.102. The number of allylic oxidation sites excluding steroid dienone is 1. The van der Waals surface area contributed by atoms with Crippen molar-refractivity contribution in [2.45, 2.75) is 32.2 Å². The molecule has 2 aliphatic heterocycles. The molecule has 3 nitrogen and oxygen atoms in total. The molecule has 3 rings (SSSR count). The van der Waals surface area contributed by atoms with E-state index in [2.05, 4.69) is 29.2 Å². The van der Waals surface area contributed by atoms with E-state index in [0.29, 0.717) is 6.61 Å². The SMILES string of the molecule is O=C1OCC/C1=C1/CCCCN1Cc1ccccc1. The lowest BCUT2D eigenvalue weighted by atomic mass is 10.0. The van der Waals surface area contributed by atoms with Crippen molar-refractivity contribution in [3.05, 3.63) is 47.2 Å². The van der Waals surface area contributed by atoms with Gasteiger partial charge in [0.1, 0.15) is 0 Å². The summed E-state index contributed by atoms with van der Waals surface area (Å²) in [6.45, 7) is 2.49. The third kappa shape index (κ3) is 2.65. The number of esters is 1. The molecule has 0 N–H and O–H groups in total. The molecule has 1 aromatic carbocycles. The van der Waals surface area contributed by atoms with E-state index in [4.69, 9.17) is 4.74 Å². The summed E-state index contributed by atoms with van der Waals surface area (Å²) in [6.07, 6.45) is 4.17. The fourth-order valence-electron chi connectivity index (χ4n) is 2.91. The fourth-order valence-corrected chi connectivity index (χ4v) is 2.91. The lowest BCUT2D eigenvalue weighted by Crippen LogP contribution is -2.29. The van der Waals surface area contributed by atoms with Crippen LogP contribution >= 0.6 is 0 Å². The minimum Gasteiger partial charge on any atom is -0.462 e. The van der Waals surface area contributed by atoms with Crippen molar-refractivity contribution >= 4 is 5.97 Å². The number of piperidine rings is 1. The first-order chi connectivity index (χ1) is 9.34. The van der Waals surface area contributed by atoms with Crippen LogP contribution in [0.1, 0.15) is 31.2 Å². The molecular formula is C16H19NO2. The quantitative estimate of drug-likeness (QED) is 0.602. The van der Waals surface area contributed by atoms with Gasteiger partial charge in [-0.1, -0.05) is 30.3 Å². The van der Waals surface area contributed by atoms with Crippen molar-refractivity contribution in [3.63, 3.8) is 0 Å². The Morgan fingerprint density at radius 1 is 1.11 bits per heavy atom. The van der Waals surface area contributed by atoms with Gasteiger partial charge >= 0.3 is 5.97 Å². The highest BCUT2D eigenvalue weighted by atomic mass is 16.5. The minimum absolute atomic E-state index is 0.102. The summed E-state index contributed by atoms with van der Waals surface area (Å²) in [5, 5.41) is 0. The van der Waals surface area contributed by atoms with Crippen LogP contribution in [0.3, 0.4) is 0 Å². The van der Waals surface area contributed by atoms with Crippen LogP contribution in [0.2, 0.25) is 0 Å². The third-order valence-electron chi connectivity index (χ3n) is 3.87. The number of likely N-dealkylation sites (tertiary alicyclic amines) is 1. The van der Waals surface area contributed by atoms with Gasteiger partial charge in [0.25, 0.3) is 0 Å². The lowest BCUT2D eigenvalue weighted by molar-refractivity contribution is -0.135. The maximum Gasteiger partial charge on any atom is 0.335 e. The van der Waals surface area contributed by atoms with Crippen molar-refractivity contribution in [2.24, 2.45) is 0 Å². The van der Waals surface area contributed by atoms with Gasteiger partial charge in [0.2, 0.25) is 0 Å². The summed E-state index contributed by atoms with van der Waals surface area (Å²) in [4.78, 5) is 14.1. The van der Waals surface area contributed by atoms with E-state index < -0.39 is 0 Å². The zero-order chi connectivity index (χ0) is 13.1. The molecule has 0 unspecified atom stereocenters. The van der Waals surface area contributed by atoms with Crippen LogP contribution in [0.5, 0.6) is 0 Å². The molecular weight excluding hydrogens is 238 g/mol. The highest BCUT2D eigenvalue weighted by Gasteiger charge is 2.27. The van der Waals surface area contributed by atoms with Crippen LogP contribution in [-0.4, -0.2) is 24.0 Å². The third-order valence-corrected chi connectivity index (χ3v) is 3.87. The number of nitrogens with zero attached hydrogens (tertiary/aromatic N) is 1. The molecule has 0 aromatic heterocycles. The monoisotopic (exact) mass is 257 g/mol.